The number of rotatable bonds is 7. The van der Waals surface area contributed by atoms with Crippen LogP contribution in [-0.4, -0.2) is 16.9 Å². The number of benzene rings is 4. The highest BCUT2D eigenvalue weighted by atomic mass is 19.1. The van der Waals surface area contributed by atoms with E-state index in [9.17, 15) is 14.9 Å². The maximum absolute atomic E-state index is 15.7. The monoisotopic (exact) mass is 702 g/mol. The molecule has 53 heavy (non-hydrogen) atoms. The number of hydrogen-bond acceptors (Lipinski definition) is 8. The van der Waals surface area contributed by atoms with Gasteiger partial charge in [-0.3, -0.25) is 0 Å². The maximum atomic E-state index is 15.7. The molecule has 0 atom stereocenters. The standard InChI is InChI=1S/C42H27FN4O6/c1-23-17-24(2)38(25(3)18-23)39(35-21-33(43)41(47-35)51-30-14-9-28(45-4)10-15-30)34-20-32(40(46-34)50-29-11-5-26(22-44)6-12-29)42(49)52-31-13-7-27-8-16-37(48)53-36(27)19-31/h5-21,47H,1-3H3/b39-34+. The number of halogens is 1. The summed E-state index contributed by atoms with van der Waals surface area (Å²) < 4.78 is 38.7. The molecular weight excluding hydrogens is 675 g/mol. The van der Waals surface area contributed by atoms with E-state index < -0.39 is 17.4 Å². The fraction of sp³-hybridized carbons (Fsp3) is 0.0714. The van der Waals surface area contributed by atoms with E-state index in [1.165, 1.54) is 24.3 Å². The SMILES string of the molecule is [C-]#[N+]c1ccc(Oc2[nH]c(/C(=C3/C=C(C(=O)Oc4ccc5ccc(=O)oc5c4)C(Oc4ccc(C#N)cc4)=N3)c3c(C)cc(C)cc3C)cc2F)cc1. The number of carbonyl (C=O) groups excluding carboxylic acids is 1. The van der Waals surface area contributed by atoms with E-state index in [4.69, 9.17) is 30.2 Å². The lowest BCUT2D eigenvalue weighted by Gasteiger charge is -2.15. The summed E-state index contributed by atoms with van der Waals surface area (Å²) in [4.78, 5) is 37.0. The van der Waals surface area contributed by atoms with Crippen LogP contribution in [0.5, 0.6) is 23.1 Å². The summed E-state index contributed by atoms with van der Waals surface area (Å²) in [6, 6.07) is 27.4. The van der Waals surface area contributed by atoms with Crippen molar-refractivity contribution in [3.8, 4) is 29.2 Å². The summed E-state index contributed by atoms with van der Waals surface area (Å²) in [6.07, 6.45) is 1.50. The quantitative estimate of drug-likeness (QED) is 0.0760. The Hall–Kier alpha value is -7.50. The molecule has 0 aliphatic carbocycles. The molecular formula is C42H27FN4O6. The number of aromatic nitrogens is 1. The molecule has 1 aliphatic heterocycles. The normalized spacial score (nSPS) is 13.1. The van der Waals surface area contributed by atoms with Gasteiger partial charge in [0.25, 0.3) is 0 Å². The average Bonchev–Trinajstić information content (AvgIpc) is 3.72. The highest BCUT2D eigenvalue weighted by Crippen LogP contribution is 2.38. The third-order valence-corrected chi connectivity index (χ3v) is 8.33. The Labute approximate surface area is 302 Å². The molecule has 1 aliphatic rings. The largest absolute Gasteiger partial charge is 0.438 e. The van der Waals surface area contributed by atoms with Gasteiger partial charge in [0.1, 0.15) is 28.4 Å². The number of H-pyrrole nitrogens is 1. The van der Waals surface area contributed by atoms with Gasteiger partial charge in [0.15, 0.2) is 11.5 Å². The molecule has 0 unspecified atom stereocenters. The number of esters is 1. The molecule has 0 spiro atoms. The van der Waals surface area contributed by atoms with Crippen molar-refractivity contribution in [2.75, 3.05) is 0 Å². The van der Waals surface area contributed by atoms with E-state index in [-0.39, 0.29) is 34.4 Å². The zero-order valence-electron chi connectivity index (χ0n) is 28.5. The summed E-state index contributed by atoms with van der Waals surface area (Å²) in [6.45, 7) is 13.0. The number of aromatic amines is 1. The molecule has 0 amide bonds. The van der Waals surface area contributed by atoms with Crippen LogP contribution in [0.4, 0.5) is 10.1 Å². The van der Waals surface area contributed by atoms with E-state index in [0.717, 1.165) is 22.3 Å². The third kappa shape index (κ3) is 7.09. The lowest BCUT2D eigenvalue weighted by Crippen LogP contribution is -2.20. The number of carbonyl (C=O) groups is 1. The maximum Gasteiger partial charge on any atom is 0.349 e. The molecule has 0 fully saturated rings. The van der Waals surface area contributed by atoms with Crippen LogP contribution >= 0.6 is 0 Å². The van der Waals surface area contributed by atoms with E-state index in [1.54, 1.807) is 66.7 Å². The summed E-state index contributed by atoms with van der Waals surface area (Å²) in [5, 5.41) is 9.92. The second-order valence-electron chi connectivity index (χ2n) is 12.2. The van der Waals surface area contributed by atoms with Crippen LogP contribution in [0, 0.1) is 44.5 Å². The minimum atomic E-state index is -0.828. The topological polar surface area (TPSA) is 131 Å². The van der Waals surface area contributed by atoms with Crippen LogP contribution in [-0.2, 0) is 4.79 Å². The predicted octanol–water partition coefficient (Wildman–Crippen LogP) is 9.18. The van der Waals surface area contributed by atoms with Crippen LogP contribution in [0.15, 0.2) is 129 Å². The number of allylic oxidation sites excluding steroid dienone is 1. The van der Waals surface area contributed by atoms with E-state index >= 15 is 4.39 Å². The number of hydrogen-bond donors (Lipinski definition) is 1. The summed E-state index contributed by atoms with van der Waals surface area (Å²) in [5.74, 6) is -1.06. The smallest absolute Gasteiger partial charge is 0.349 e. The van der Waals surface area contributed by atoms with E-state index in [0.29, 0.717) is 39.4 Å². The van der Waals surface area contributed by atoms with Gasteiger partial charge in [0, 0.05) is 29.2 Å². The fourth-order valence-corrected chi connectivity index (χ4v) is 6.03. The van der Waals surface area contributed by atoms with Gasteiger partial charge in [0.05, 0.1) is 29.6 Å². The molecule has 0 radical (unpaired) electrons. The van der Waals surface area contributed by atoms with Crippen molar-refractivity contribution in [3.63, 3.8) is 0 Å². The molecule has 3 heterocycles. The Bertz CT molecular complexity index is 2670. The highest BCUT2D eigenvalue weighted by molar-refractivity contribution is 6.20. The molecule has 4 aromatic carbocycles. The van der Waals surface area contributed by atoms with Gasteiger partial charge in [-0.1, -0.05) is 29.8 Å². The molecule has 11 heteroatoms. The molecule has 0 bridgehead atoms. The lowest BCUT2D eigenvalue weighted by molar-refractivity contribution is -0.129. The second-order valence-corrected chi connectivity index (χ2v) is 12.2. The fourth-order valence-electron chi connectivity index (χ4n) is 6.03. The Morgan fingerprint density at radius 2 is 1.55 bits per heavy atom. The lowest BCUT2D eigenvalue weighted by atomic mass is 9.90. The first-order valence-electron chi connectivity index (χ1n) is 16.2. The van der Waals surface area contributed by atoms with Crippen molar-refractivity contribution in [1.29, 1.82) is 5.26 Å². The molecule has 258 valence electrons. The number of nitrogens with one attached hydrogen (secondary N) is 1. The number of nitriles is 1. The Morgan fingerprint density at radius 1 is 0.887 bits per heavy atom. The van der Waals surface area contributed by atoms with Crippen molar-refractivity contribution in [2.45, 2.75) is 20.8 Å². The minimum absolute atomic E-state index is 0.0534. The van der Waals surface area contributed by atoms with E-state index in [2.05, 4.69) is 15.9 Å². The van der Waals surface area contributed by atoms with Crippen molar-refractivity contribution >= 4 is 34.1 Å². The zero-order valence-corrected chi connectivity index (χ0v) is 28.5. The van der Waals surface area contributed by atoms with Gasteiger partial charge in [0.2, 0.25) is 11.8 Å². The molecule has 0 saturated carbocycles. The Kier molecular flexibility index (Phi) is 8.99. The first-order chi connectivity index (χ1) is 25.6. The summed E-state index contributed by atoms with van der Waals surface area (Å²) in [7, 11) is 0. The van der Waals surface area contributed by atoms with Crippen LogP contribution in [0.2, 0.25) is 0 Å². The van der Waals surface area contributed by atoms with Gasteiger partial charge < -0.3 is 23.6 Å². The minimum Gasteiger partial charge on any atom is -0.438 e. The molecule has 2 aromatic heterocycles. The molecule has 0 saturated heterocycles. The van der Waals surface area contributed by atoms with Crippen molar-refractivity contribution in [1.82, 2.24) is 4.98 Å². The van der Waals surface area contributed by atoms with Gasteiger partial charge in [-0.2, -0.15) is 5.26 Å². The van der Waals surface area contributed by atoms with Crippen LogP contribution in [0.25, 0.3) is 21.4 Å². The second kappa shape index (κ2) is 14.0. The van der Waals surface area contributed by atoms with Gasteiger partial charge in [-0.05, 0) is 98.1 Å². The Balaban J connectivity index is 1.37. The van der Waals surface area contributed by atoms with Crippen LogP contribution < -0.4 is 19.8 Å². The average molecular weight is 703 g/mol. The number of fused-ring (bicyclic) bond motifs is 1. The van der Waals surface area contributed by atoms with Crippen molar-refractivity contribution < 1.29 is 27.8 Å². The first-order valence-corrected chi connectivity index (χ1v) is 16.2. The van der Waals surface area contributed by atoms with E-state index in [1.807, 2.05) is 32.9 Å². The predicted molar refractivity (Wildman–Crippen MR) is 196 cm³/mol. The van der Waals surface area contributed by atoms with Crippen molar-refractivity contribution in [3.05, 3.63) is 176 Å². The summed E-state index contributed by atoms with van der Waals surface area (Å²) >= 11 is 0. The van der Waals surface area contributed by atoms with Crippen LogP contribution in [0.1, 0.15) is 33.5 Å². The zero-order chi connectivity index (χ0) is 37.2. The highest BCUT2D eigenvalue weighted by Gasteiger charge is 2.30. The molecule has 7 rings (SSSR count). The Morgan fingerprint density at radius 3 is 2.25 bits per heavy atom. The molecule has 6 aromatic rings. The van der Waals surface area contributed by atoms with Crippen LogP contribution in [0.3, 0.4) is 0 Å². The van der Waals surface area contributed by atoms with Crippen molar-refractivity contribution in [2.24, 2.45) is 4.99 Å². The number of nitrogens with zero attached hydrogens (tertiary/aromatic N) is 3. The number of ether oxygens (including phenoxy) is 3. The molecule has 10 nitrogen and oxygen atoms in total. The summed E-state index contributed by atoms with van der Waals surface area (Å²) in [5.41, 5.74) is 4.93. The van der Waals surface area contributed by atoms with Gasteiger partial charge in [-0.25, -0.2) is 23.8 Å². The first kappa shape index (κ1) is 34.0. The third-order valence-electron chi connectivity index (χ3n) is 8.33. The number of aryl methyl sites for hydroxylation is 3. The van der Waals surface area contributed by atoms with Gasteiger partial charge >= 0.3 is 11.6 Å². The number of aliphatic imine (C=N–C) groups is 1. The van der Waals surface area contributed by atoms with Gasteiger partial charge in [-0.15, -0.1) is 0 Å². The molecule has 1 N–H and O–H groups in total.